The van der Waals surface area contributed by atoms with Crippen molar-refractivity contribution in [2.45, 2.75) is 32.2 Å². The van der Waals surface area contributed by atoms with E-state index in [4.69, 9.17) is 5.73 Å². The smallest absolute Gasteiger partial charge is 0.123 e. The van der Waals surface area contributed by atoms with Gasteiger partial charge >= 0.3 is 0 Å². The Morgan fingerprint density at radius 2 is 2.43 bits per heavy atom. The lowest BCUT2D eigenvalue weighted by Gasteiger charge is -2.12. The van der Waals surface area contributed by atoms with Crippen molar-refractivity contribution in [3.63, 3.8) is 0 Å². The molecular formula is C10H20N4. The maximum atomic E-state index is 5.93. The molecule has 0 aromatic carbocycles. The molecule has 0 amide bonds. The summed E-state index contributed by atoms with van der Waals surface area (Å²) >= 11 is 0. The standard InChI is InChI=1S/C10H20N4/c1-3-4-5-9(11)8-12-10-6-7-13-14(10)2/h6-7,9,12H,3-5,8,11H2,1-2H3. The molecule has 4 heteroatoms. The minimum Gasteiger partial charge on any atom is -0.369 e. The zero-order valence-electron chi connectivity index (χ0n) is 9.03. The Bertz CT molecular complexity index is 256. The fourth-order valence-corrected chi connectivity index (χ4v) is 1.35. The molecular weight excluding hydrogens is 176 g/mol. The van der Waals surface area contributed by atoms with E-state index in [0.29, 0.717) is 0 Å². The largest absolute Gasteiger partial charge is 0.369 e. The highest BCUT2D eigenvalue weighted by Gasteiger charge is 2.02. The van der Waals surface area contributed by atoms with E-state index >= 15 is 0 Å². The van der Waals surface area contributed by atoms with Crippen molar-refractivity contribution in [2.24, 2.45) is 12.8 Å². The van der Waals surface area contributed by atoms with Crippen molar-refractivity contribution in [3.05, 3.63) is 12.3 Å². The van der Waals surface area contributed by atoms with Crippen LogP contribution in [0.3, 0.4) is 0 Å². The molecule has 0 aliphatic rings. The van der Waals surface area contributed by atoms with E-state index < -0.39 is 0 Å². The monoisotopic (exact) mass is 196 g/mol. The van der Waals surface area contributed by atoms with Gasteiger partial charge in [0.15, 0.2) is 0 Å². The van der Waals surface area contributed by atoms with E-state index in [1.807, 2.05) is 17.8 Å². The molecule has 3 N–H and O–H groups in total. The second kappa shape index (κ2) is 5.65. The van der Waals surface area contributed by atoms with E-state index in [1.165, 1.54) is 12.8 Å². The summed E-state index contributed by atoms with van der Waals surface area (Å²) in [5.74, 6) is 1.02. The summed E-state index contributed by atoms with van der Waals surface area (Å²) in [7, 11) is 1.92. The number of rotatable bonds is 6. The lowest BCUT2D eigenvalue weighted by Crippen LogP contribution is -2.29. The number of unbranched alkanes of at least 4 members (excludes halogenated alkanes) is 1. The Balaban J connectivity index is 2.23. The molecule has 1 unspecified atom stereocenters. The van der Waals surface area contributed by atoms with Crippen LogP contribution in [-0.4, -0.2) is 22.4 Å². The third-order valence-corrected chi connectivity index (χ3v) is 2.29. The Morgan fingerprint density at radius 1 is 1.64 bits per heavy atom. The van der Waals surface area contributed by atoms with Crippen molar-refractivity contribution >= 4 is 5.82 Å². The first kappa shape index (κ1) is 11.0. The predicted octanol–water partition coefficient (Wildman–Crippen LogP) is 1.35. The number of hydrogen-bond donors (Lipinski definition) is 2. The van der Waals surface area contributed by atoms with Gasteiger partial charge in [0.2, 0.25) is 0 Å². The summed E-state index contributed by atoms with van der Waals surface area (Å²) in [5.41, 5.74) is 5.93. The molecule has 0 bridgehead atoms. The summed E-state index contributed by atoms with van der Waals surface area (Å²) in [6.45, 7) is 3.00. The van der Waals surface area contributed by atoms with Gasteiger partial charge in [-0.1, -0.05) is 19.8 Å². The Labute approximate surface area is 85.5 Å². The molecule has 0 saturated carbocycles. The zero-order chi connectivity index (χ0) is 10.4. The fourth-order valence-electron chi connectivity index (χ4n) is 1.35. The highest BCUT2D eigenvalue weighted by molar-refractivity contribution is 5.33. The summed E-state index contributed by atoms with van der Waals surface area (Å²) in [4.78, 5) is 0. The first-order valence-corrected chi connectivity index (χ1v) is 5.21. The maximum absolute atomic E-state index is 5.93. The molecule has 14 heavy (non-hydrogen) atoms. The van der Waals surface area contributed by atoms with Crippen LogP contribution in [-0.2, 0) is 7.05 Å². The molecule has 1 aromatic rings. The number of anilines is 1. The molecule has 1 atom stereocenters. The Kier molecular flexibility index (Phi) is 4.46. The molecule has 0 aliphatic heterocycles. The van der Waals surface area contributed by atoms with E-state index in [2.05, 4.69) is 17.3 Å². The SMILES string of the molecule is CCCCC(N)CNc1ccnn1C. The molecule has 0 aliphatic carbocycles. The van der Waals surface area contributed by atoms with Crippen molar-refractivity contribution in [2.75, 3.05) is 11.9 Å². The molecule has 0 fully saturated rings. The summed E-state index contributed by atoms with van der Waals surface area (Å²) in [6.07, 6.45) is 5.27. The van der Waals surface area contributed by atoms with Gasteiger partial charge in [0, 0.05) is 25.7 Å². The number of nitrogens with zero attached hydrogens (tertiary/aromatic N) is 2. The number of nitrogens with one attached hydrogen (secondary N) is 1. The second-order valence-corrected chi connectivity index (χ2v) is 3.62. The van der Waals surface area contributed by atoms with Crippen LogP contribution in [0.5, 0.6) is 0 Å². The van der Waals surface area contributed by atoms with Crippen molar-refractivity contribution in [1.82, 2.24) is 9.78 Å². The van der Waals surface area contributed by atoms with Crippen LogP contribution in [0.1, 0.15) is 26.2 Å². The minimum absolute atomic E-state index is 0.241. The molecule has 1 aromatic heterocycles. The highest BCUT2D eigenvalue weighted by Crippen LogP contribution is 2.04. The first-order valence-electron chi connectivity index (χ1n) is 5.21. The number of nitrogens with two attached hydrogens (primary N) is 1. The highest BCUT2D eigenvalue weighted by atomic mass is 15.3. The van der Waals surface area contributed by atoms with Crippen LogP contribution < -0.4 is 11.1 Å². The Hall–Kier alpha value is -1.03. The maximum Gasteiger partial charge on any atom is 0.123 e. The van der Waals surface area contributed by atoms with Gasteiger partial charge in [-0.15, -0.1) is 0 Å². The van der Waals surface area contributed by atoms with Crippen molar-refractivity contribution in [1.29, 1.82) is 0 Å². The first-order chi connectivity index (χ1) is 6.74. The fraction of sp³-hybridized carbons (Fsp3) is 0.700. The van der Waals surface area contributed by atoms with Gasteiger partial charge in [-0.05, 0) is 6.42 Å². The van der Waals surface area contributed by atoms with E-state index in [0.717, 1.165) is 18.8 Å². The average Bonchev–Trinajstić information content (AvgIpc) is 2.58. The van der Waals surface area contributed by atoms with Crippen LogP contribution in [0.4, 0.5) is 5.82 Å². The molecule has 1 heterocycles. The summed E-state index contributed by atoms with van der Waals surface area (Å²) < 4.78 is 1.81. The topological polar surface area (TPSA) is 55.9 Å². The second-order valence-electron chi connectivity index (χ2n) is 3.62. The van der Waals surface area contributed by atoms with Crippen LogP contribution in [0.2, 0.25) is 0 Å². The minimum atomic E-state index is 0.241. The number of hydrogen-bond acceptors (Lipinski definition) is 3. The van der Waals surface area contributed by atoms with Gasteiger partial charge in [-0.2, -0.15) is 5.10 Å². The van der Waals surface area contributed by atoms with E-state index in [9.17, 15) is 0 Å². The average molecular weight is 196 g/mol. The van der Waals surface area contributed by atoms with Gasteiger partial charge in [0.05, 0.1) is 6.20 Å². The molecule has 0 saturated heterocycles. The van der Waals surface area contributed by atoms with E-state index in [1.54, 1.807) is 6.20 Å². The lowest BCUT2D eigenvalue weighted by atomic mass is 10.1. The molecule has 0 spiro atoms. The Morgan fingerprint density at radius 3 is 3.00 bits per heavy atom. The van der Waals surface area contributed by atoms with Crippen molar-refractivity contribution in [3.8, 4) is 0 Å². The third-order valence-electron chi connectivity index (χ3n) is 2.29. The molecule has 0 radical (unpaired) electrons. The predicted molar refractivity (Wildman–Crippen MR) is 59.2 cm³/mol. The quantitative estimate of drug-likeness (QED) is 0.722. The van der Waals surface area contributed by atoms with Crippen LogP contribution in [0, 0.1) is 0 Å². The molecule has 80 valence electrons. The van der Waals surface area contributed by atoms with Gasteiger partial charge in [-0.25, -0.2) is 0 Å². The lowest BCUT2D eigenvalue weighted by molar-refractivity contribution is 0.593. The van der Waals surface area contributed by atoms with Crippen LogP contribution in [0.25, 0.3) is 0 Å². The molecule has 4 nitrogen and oxygen atoms in total. The van der Waals surface area contributed by atoms with Gasteiger partial charge in [0.25, 0.3) is 0 Å². The van der Waals surface area contributed by atoms with Gasteiger partial charge in [0.1, 0.15) is 5.82 Å². The third kappa shape index (κ3) is 3.38. The van der Waals surface area contributed by atoms with Crippen molar-refractivity contribution < 1.29 is 0 Å². The van der Waals surface area contributed by atoms with Gasteiger partial charge in [-0.3, -0.25) is 4.68 Å². The number of aromatic nitrogens is 2. The van der Waals surface area contributed by atoms with Crippen LogP contribution in [0.15, 0.2) is 12.3 Å². The number of aryl methyl sites for hydroxylation is 1. The molecule has 1 rings (SSSR count). The van der Waals surface area contributed by atoms with Crippen LogP contribution >= 0.6 is 0 Å². The normalized spacial score (nSPS) is 12.8. The zero-order valence-corrected chi connectivity index (χ0v) is 9.03. The van der Waals surface area contributed by atoms with Gasteiger partial charge < -0.3 is 11.1 Å². The van der Waals surface area contributed by atoms with E-state index in [-0.39, 0.29) is 6.04 Å². The summed E-state index contributed by atoms with van der Waals surface area (Å²) in [5, 5.41) is 7.35. The summed E-state index contributed by atoms with van der Waals surface area (Å²) in [6, 6.07) is 2.19.